The van der Waals surface area contributed by atoms with E-state index in [0.717, 1.165) is 11.3 Å². The van der Waals surface area contributed by atoms with E-state index in [2.05, 4.69) is 0 Å². The number of rotatable bonds is 13. The number of benzene rings is 1. The number of methoxy groups -OCH3 is 1. The molecule has 31 heavy (non-hydrogen) atoms. The van der Waals surface area contributed by atoms with Crippen LogP contribution in [-0.2, 0) is 39.3 Å². The van der Waals surface area contributed by atoms with Gasteiger partial charge in [-0.15, -0.1) is 0 Å². The number of nitrogens with zero attached hydrogens (tertiary/aromatic N) is 3. The molecule has 1 heterocycles. The van der Waals surface area contributed by atoms with Gasteiger partial charge in [0.05, 0.1) is 26.3 Å². The summed E-state index contributed by atoms with van der Waals surface area (Å²) in [5.74, 6) is -0.0370. The van der Waals surface area contributed by atoms with Crippen LogP contribution >= 0.6 is 0 Å². The van der Waals surface area contributed by atoms with Crippen molar-refractivity contribution in [3.05, 3.63) is 59.9 Å². The molecular formula is C24H35N3O4. The molecule has 2 rings (SSSR count). The number of carbonyl (C=O) groups is 2. The van der Waals surface area contributed by atoms with E-state index in [4.69, 9.17) is 9.47 Å². The number of hydrogen-bond donors (Lipinski definition) is 0. The van der Waals surface area contributed by atoms with Crippen LogP contribution in [0.4, 0.5) is 0 Å². The summed E-state index contributed by atoms with van der Waals surface area (Å²) in [6.07, 6.45) is 1.95. The van der Waals surface area contributed by atoms with E-state index < -0.39 is 0 Å². The predicted molar refractivity (Wildman–Crippen MR) is 120 cm³/mol. The lowest BCUT2D eigenvalue weighted by molar-refractivity contribution is -0.144. The molecule has 7 nitrogen and oxygen atoms in total. The number of hydrogen-bond acceptors (Lipinski definition) is 4. The normalized spacial score (nSPS) is 11.0. The summed E-state index contributed by atoms with van der Waals surface area (Å²) in [4.78, 5) is 29.3. The minimum Gasteiger partial charge on any atom is -0.383 e. The van der Waals surface area contributed by atoms with E-state index in [0.29, 0.717) is 32.8 Å². The molecule has 1 aromatic heterocycles. The van der Waals surface area contributed by atoms with Crippen molar-refractivity contribution in [2.75, 3.05) is 40.0 Å². The van der Waals surface area contributed by atoms with Gasteiger partial charge in [0.2, 0.25) is 11.8 Å². The molecule has 2 amide bonds. The third-order valence-corrected chi connectivity index (χ3v) is 4.92. The Morgan fingerprint density at radius 1 is 1.03 bits per heavy atom. The first kappa shape index (κ1) is 24.6. The number of aryl methyl sites for hydroxylation is 1. The number of ether oxygens (including phenoxy) is 2. The van der Waals surface area contributed by atoms with E-state index in [-0.39, 0.29) is 30.9 Å². The first-order valence-electron chi connectivity index (χ1n) is 10.7. The van der Waals surface area contributed by atoms with Crippen molar-refractivity contribution in [1.82, 2.24) is 14.4 Å². The van der Waals surface area contributed by atoms with Gasteiger partial charge in [0.1, 0.15) is 6.61 Å². The predicted octanol–water partition coefficient (Wildman–Crippen LogP) is 2.70. The summed E-state index contributed by atoms with van der Waals surface area (Å²) in [6.45, 7) is 6.28. The second-order valence-corrected chi connectivity index (χ2v) is 8.07. The van der Waals surface area contributed by atoms with Crippen LogP contribution in [0.2, 0.25) is 0 Å². The van der Waals surface area contributed by atoms with Gasteiger partial charge in [-0.3, -0.25) is 9.59 Å². The molecule has 0 aliphatic heterocycles. The number of carbonyl (C=O) groups excluding carboxylic acids is 2. The smallest absolute Gasteiger partial charge is 0.249 e. The first-order valence-corrected chi connectivity index (χ1v) is 10.7. The molecule has 0 radical (unpaired) electrons. The van der Waals surface area contributed by atoms with Gasteiger partial charge in [-0.05, 0) is 23.6 Å². The number of amides is 2. The highest BCUT2D eigenvalue weighted by molar-refractivity contribution is 5.85. The van der Waals surface area contributed by atoms with Crippen molar-refractivity contribution >= 4 is 11.8 Å². The third-order valence-electron chi connectivity index (χ3n) is 4.92. The summed E-state index contributed by atoms with van der Waals surface area (Å²) in [7, 11) is 3.57. The maximum atomic E-state index is 13.1. The van der Waals surface area contributed by atoms with Crippen LogP contribution in [0.1, 0.15) is 25.1 Å². The second-order valence-electron chi connectivity index (χ2n) is 8.07. The van der Waals surface area contributed by atoms with Crippen molar-refractivity contribution in [3.63, 3.8) is 0 Å². The van der Waals surface area contributed by atoms with Gasteiger partial charge >= 0.3 is 0 Å². The molecule has 0 fully saturated rings. The fourth-order valence-corrected chi connectivity index (χ4v) is 3.23. The van der Waals surface area contributed by atoms with Crippen molar-refractivity contribution in [1.29, 1.82) is 0 Å². The monoisotopic (exact) mass is 429 g/mol. The van der Waals surface area contributed by atoms with Crippen molar-refractivity contribution < 1.29 is 19.1 Å². The molecular weight excluding hydrogens is 394 g/mol. The quantitative estimate of drug-likeness (QED) is 0.491. The lowest BCUT2D eigenvalue weighted by Gasteiger charge is -2.29. The largest absolute Gasteiger partial charge is 0.383 e. The van der Waals surface area contributed by atoms with Crippen LogP contribution < -0.4 is 0 Å². The average Bonchev–Trinajstić information content (AvgIpc) is 3.15. The van der Waals surface area contributed by atoms with E-state index >= 15 is 0 Å². The maximum absolute atomic E-state index is 13.1. The summed E-state index contributed by atoms with van der Waals surface area (Å²) >= 11 is 0. The average molecular weight is 430 g/mol. The third kappa shape index (κ3) is 8.55. The first-order chi connectivity index (χ1) is 14.9. The van der Waals surface area contributed by atoms with Crippen LogP contribution in [-0.4, -0.2) is 66.1 Å². The molecule has 1 aromatic carbocycles. The Hall–Kier alpha value is -2.64. The molecule has 2 aromatic rings. The Morgan fingerprint density at radius 2 is 1.77 bits per heavy atom. The van der Waals surface area contributed by atoms with Gasteiger partial charge in [-0.25, -0.2) is 0 Å². The Labute approximate surface area is 185 Å². The molecule has 0 spiro atoms. The molecule has 0 N–H and O–H groups in total. The van der Waals surface area contributed by atoms with Gasteiger partial charge in [-0.1, -0.05) is 44.2 Å². The molecule has 170 valence electrons. The summed E-state index contributed by atoms with van der Waals surface area (Å²) in [5.41, 5.74) is 2.03. The van der Waals surface area contributed by atoms with Gasteiger partial charge in [0, 0.05) is 39.1 Å². The Kier molecular flexibility index (Phi) is 10.3. The Morgan fingerprint density at radius 3 is 2.39 bits per heavy atom. The molecule has 0 aliphatic carbocycles. The fourth-order valence-electron chi connectivity index (χ4n) is 3.23. The highest BCUT2D eigenvalue weighted by Gasteiger charge is 2.22. The zero-order valence-electron chi connectivity index (χ0n) is 19.1. The lowest BCUT2D eigenvalue weighted by atomic mass is 10.2. The minimum absolute atomic E-state index is 0.0276. The van der Waals surface area contributed by atoms with Crippen molar-refractivity contribution in [2.45, 2.75) is 27.0 Å². The molecule has 0 saturated heterocycles. The van der Waals surface area contributed by atoms with E-state index in [1.807, 2.05) is 74.1 Å². The highest BCUT2D eigenvalue weighted by Crippen LogP contribution is 2.08. The number of aromatic nitrogens is 1. The summed E-state index contributed by atoms with van der Waals surface area (Å²) in [5, 5.41) is 0. The van der Waals surface area contributed by atoms with Crippen LogP contribution in [0.15, 0.2) is 48.7 Å². The topological polar surface area (TPSA) is 64.0 Å². The van der Waals surface area contributed by atoms with E-state index in [1.54, 1.807) is 16.9 Å². The molecule has 0 saturated carbocycles. The maximum Gasteiger partial charge on any atom is 0.249 e. The SMILES string of the molecule is COCCN(Cc1cccn1C)C(=O)CN(CC(C)C)C(=O)COCc1ccccc1. The molecule has 0 aliphatic rings. The van der Waals surface area contributed by atoms with Crippen molar-refractivity contribution in [2.24, 2.45) is 13.0 Å². The van der Waals surface area contributed by atoms with Crippen LogP contribution in [0.25, 0.3) is 0 Å². The molecule has 0 atom stereocenters. The molecule has 0 unspecified atom stereocenters. The highest BCUT2D eigenvalue weighted by atomic mass is 16.5. The van der Waals surface area contributed by atoms with Gasteiger partial charge in [-0.2, -0.15) is 0 Å². The van der Waals surface area contributed by atoms with E-state index in [1.165, 1.54) is 0 Å². The minimum atomic E-state index is -0.177. The summed E-state index contributed by atoms with van der Waals surface area (Å²) in [6, 6.07) is 13.7. The summed E-state index contributed by atoms with van der Waals surface area (Å²) < 4.78 is 12.8. The standard InChI is InChI=1S/C24H35N3O4/c1-20(2)15-27(24(29)19-31-18-21-9-6-5-7-10-21)17-23(28)26(13-14-30-4)16-22-11-8-12-25(22)3/h5-12,20H,13-19H2,1-4H3. The Bertz CT molecular complexity index is 804. The Balaban J connectivity index is 1.98. The molecule has 0 bridgehead atoms. The van der Waals surface area contributed by atoms with E-state index in [9.17, 15) is 9.59 Å². The second kappa shape index (κ2) is 12.9. The zero-order chi connectivity index (χ0) is 22.6. The zero-order valence-corrected chi connectivity index (χ0v) is 19.1. The van der Waals surface area contributed by atoms with Gasteiger partial charge < -0.3 is 23.8 Å². The van der Waals surface area contributed by atoms with Gasteiger partial charge in [0.25, 0.3) is 0 Å². The molecule has 7 heteroatoms. The van der Waals surface area contributed by atoms with Gasteiger partial charge in [0.15, 0.2) is 0 Å². The lowest BCUT2D eigenvalue weighted by Crippen LogP contribution is -2.46. The van der Waals surface area contributed by atoms with Crippen molar-refractivity contribution in [3.8, 4) is 0 Å². The fraction of sp³-hybridized carbons (Fsp3) is 0.500. The van der Waals surface area contributed by atoms with Crippen LogP contribution in [0, 0.1) is 5.92 Å². The van der Waals surface area contributed by atoms with Crippen LogP contribution in [0.3, 0.4) is 0 Å². The van der Waals surface area contributed by atoms with Crippen LogP contribution in [0.5, 0.6) is 0 Å².